The van der Waals surface area contributed by atoms with E-state index in [1.54, 1.807) is 0 Å². The summed E-state index contributed by atoms with van der Waals surface area (Å²) in [6.45, 7) is 0.213. The first-order chi connectivity index (χ1) is 8.63. The van der Waals surface area contributed by atoms with Crippen LogP contribution in [0.2, 0.25) is 0 Å². The Labute approximate surface area is 117 Å². The SMILES string of the molecule is O=C(CCCS(=O)c1ccc(Br)cc1)NCCO. The number of halogens is 1. The summed E-state index contributed by atoms with van der Waals surface area (Å²) in [6, 6.07) is 7.32. The molecular weight excluding hydrogens is 318 g/mol. The van der Waals surface area contributed by atoms with Crippen molar-refractivity contribution in [2.75, 3.05) is 18.9 Å². The number of carbonyl (C=O) groups is 1. The maximum Gasteiger partial charge on any atom is 0.220 e. The third-order valence-electron chi connectivity index (χ3n) is 2.24. The van der Waals surface area contributed by atoms with Gasteiger partial charge in [-0.2, -0.15) is 0 Å². The molecule has 0 aliphatic heterocycles. The van der Waals surface area contributed by atoms with Gasteiger partial charge in [-0.3, -0.25) is 9.00 Å². The summed E-state index contributed by atoms with van der Waals surface area (Å²) in [5.41, 5.74) is 0. The van der Waals surface area contributed by atoms with Crippen LogP contribution in [0.3, 0.4) is 0 Å². The van der Waals surface area contributed by atoms with Gasteiger partial charge in [0.25, 0.3) is 0 Å². The number of amides is 1. The molecule has 0 fully saturated rings. The first-order valence-corrected chi connectivity index (χ1v) is 7.76. The van der Waals surface area contributed by atoms with Gasteiger partial charge in [0, 0.05) is 28.1 Å². The molecule has 4 nitrogen and oxygen atoms in total. The van der Waals surface area contributed by atoms with Crippen LogP contribution in [-0.4, -0.2) is 34.1 Å². The zero-order valence-electron chi connectivity index (χ0n) is 9.89. The number of rotatable bonds is 7. The monoisotopic (exact) mass is 333 g/mol. The lowest BCUT2D eigenvalue weighted by molar-refractivity contribution is -0.121. The minimum atomic E-state index is -1.06. The molecule has 0 spiro atoms. The average Bonchev–Trinajstić information content (AvgIpc) is 2.37. The van der Waals surface area contributed by atoms with Crippen molar-refractivity contribution in [1.82, 2.24) is 5.32 Å². The summed E-state index contributed by atoms with van der Waals surface area (Å²) in [7, 11) is -1.06. The second kappa shape index (κ2) is 8.39. The molecule has 0 saturated heterocycles. The van der Waals surface area contributed by atoms with E-state index in [1.807, 2.05) is 24.3 Å². The highest BCUT2D eigenvalue weighted by Crippen LogP contribution is 2.14. The molecule has 0 radical (unpaired) electrons. The third kappa shape index (κ3) is 5.75. The average molecular weight is 334 g/mol. The van der Waals surface area contributed by atoms with E-state index in [2.05, 4.69) is 21.2 Å². The van der Waals surface area contributed by atoms with Crippen molar-refractivity contribution in [2.45, 2.75) is 17.7 Å². The molecule has 2 N–H and O–H groups in total. The second-order valence-corrected chi connectivity index (χ2v) is 6.17. The number of aliphatic hydroxyl groups excluding tert-OH is 1. The fraction of sp³-hybridized carbons (Fsp3) is 0.417. The van der Waals surface area contributed by atoms with Crippen LogP contribution >= 0.6 is 15.9 Å². The van der Waals surface area contributed by atoms with Crippen LogP contribution in [0, 0.1) is 0 Å². The van der Waals surface area contributed by atoms with E-state index in [0.29, 0.717) is 18.6 Å². The lowest BCUT2D eigenvalue weighted by atomic mass is 10.3. The van der Waals surface area contributed by atoms with Gasteiger partial charge in [-0.25, -0.2) is 0 Å². The maximum absolute atomic E-state index is 11.9. The summed E-state index contributed by atoms with van der Waals surface area (Å²) in [5.74, 6) is 0.352. The lowest BCUT2D eigenvalue weighted by Gasteiger charge is -2.04. The van der Waals surface area contributed by atoms with Crippen molar-refractivity contribution in [3.63, 3.8) is 0 Å². The predicted octanol–water partition coefficient (Wildman–Crippen LogP) is 1.45. The van der Waals surface area contributed by atoms with E-state index in [-0.39, 0.29) is 19.1 Å². The molecule has 18 heavy (non-hydrogen) atoms. The summed E-state index contributed by atoms with van der Waals surface area (Å²) in [4.78, 5) is 12.0. The van der Waals surface area contributed by atoms with Crippen LogP contribution in [0.15, 0.2) is 33.6 Å². The molecule has 0 saturated carbocycles. The van der Waals surface area contributed by atoms with Crippen molar-refractivity contribution >= 4 is 32.6 Å². The van der Waals surface area contributed by atoms with Crippen molar-refractivity contribution in [2.24, 2.45) is 0 Å². The molecule has 1 atom stereocenters. The molecule has 1 rings (SSSR count). The van der Waals surface area contributed by atoms with Gasteiger partial charge in [-0.15, -0.1) is 0 Å². The zero-order chi connectivity index (χ0) is 13.4. The van der Waals surface area contributed by atoms with E-state index in [4.69, 9.17) is 5.11 Å². The summed E-state index contributed by atoms with van der Waals surface area (Å²) in [6.07, 6.45) is 0.905. The summed E-state index contributed by atoms with van der Waals surface area (Å²) >= 11 is 3.32. The number of hydrogen-bond donors (Lipinski definition) is 2. The Balaban J connectivity index is 2.29. The first-order valence-electron chi connectivity index (χ1n) is 5.65. The minimum absolute atomic E-state index is 0.0590. The van der Waals surface area contributed by atoms with Gasteiger partial charge in [0.2, 0.25) is 5.91 Å². The summed E-state index contributed by atoms with van der Waals surface area (Å²) < 4.78 is 12.8. The fourth-order valence-corrected chi connectivity index (χ4v) is 2.70. The first kappa shape index (κ1) is 15.3. The van der Waals surface area contributed by atoms with Crippen molar-refractivity contribution in [3.8, 4) is 0 Å². The smallest absolute Gasteiger partial charge is 0.220 e. The molecule has 0 aromatic heterocycles. The van der Waals surface area contributed by atoms with Crippen molar-refractivity contribution < 1.29 is 14.1 Å². The molecule has 1 aromatic carbocycles. The van der Waals surface area contributed by atoms with Crippen LogP contribution in [0.1, 0.15) is 12.8 Å². The number of benzene rings is 1. The quantitative estimate of drug-likeness (QED) is 0.793. The van der Waals surface area contributed by atoms with Crippen molar-refractivity contribution in [1.29, 1.82) is 0 Å². The third-order valence-corrected chi connectivity index (χ3v) is 4.23. The molecule has 0 aliphatic carbocycles. The Bertz CT molecular complexity index is 408. The molecule has 1 amide bonds. The largest absolute Gasteiger partial charge is 0.395 e. The van der Waals surface area contributed by atoms with Crippen LogP contribution in [-0.2, 0) is 15.6 Å². The molecule has 0 aliphatic rings. The maximum atomic E-state index is 11.9. The van der Waals surface area contributed by atoms with E-state index in [0.717, 1.165) is 9.37 Å². The normalized spacial score (nSPS) is 12.1. The molecule has 6 heteroatoms. The zero-order valence-corrected chi connectivity index (χ0v) is 12.3. The highest BCUT2D eigenvalue weighted by Gasteiger charge is 2.06. The number of nitrogens with one attached hydrogen (secondary N) is 1. The molecule has 100 valence electrons. The predicted molar refractivity (Wildman–Crippen MR) is 74.7 cm³/mol. The van der Waals surface area contributed by atoms with Crippen LogP contribution < -0.4 is 5.32 Å². The number of aliphatic hydroxyl groups is 1. The van der Waals surface area contributed by atoms with Crippen LogP contribution in [0.5, 0.6) is 0 Å². The highest BCUT2D eigenvalue weighted by atomic mass is 79.9. The molecular formula is C12H16BrNO3S. The Morgan fingerprint density at radius 1 is 1.33 bits per heavy atom. The topological polar surface area (TPSA) is 66.4 Å². The van der Waals surface area contributed by atoms with Gasteiger partial charge in [0.15, 0.2) is 0 Å². The van der Waals surface area contributed by atoms with E-state index in [1.165, 1.54) is 0 Å². The second-order valence-electron chi connectivity index (χ2n) is 3.68. The molecule has 0 bridgehead atoms. The number of carbonyl (C=O) groups excluding carboxylic acids is 1. The minimum Gasteiger partial charge on any atom is -0.395 e. The fourth-order valence-electron chi connectivity index (χ4n) is 1.35. The molecule has 1 aromatic rings. The standard InChI is InChI=1S/C12H16BrNO3S/c13-10-3-5-11(6-4-10)18(17)9-1-2-12(16)14-7-8-15/h3-6,15H,1-2,7-9H2,(H,14,16). The Kier molecular flexibility index (Phi) is 7.15. The Hall–Kier alpha value is -0.720. The molecule has 0 heterocycles. The van der Waals surface area contributed by atoms with E-state index < -0.39 is 10.8 Å². The van der Waals surface area contributed by atoms with E-state index >= 15 is 0 Å². The van der Waals surface area contributed by atoms with Crippen LogP contribution in [0.25, 0.3) is 0 Å². The number of hydrogen-bond acceptors (Lipinski definition) is 3. The van der Waals surface area contributed by atoms with Gasteiger partial charge < -0.3 is 10.4 Å². The summed E-state index contributed by atoms with van der Waals surface area (Å²) in [5, 5.41) is 11.1. The van der Waals surface area contributed by atoms with Gasteiger partial charge in [-0.1, -0.05) is 15.9 Å². The van der Waals surface area contributed by atoms with Crippen LogP contribution in [0.4, 0.5) is 0 Å². The van der Waals surface area contributed by atoms with Gasteiger partial charge in [-0.05, 0) is 30.7 Å². The Morgan fingerprint density at radius 3 is 2.61 bits per heavy atom. The molecule has 1 unspecified atom stereocenters. The highest BCUT2D eigenvalue weighted by molar-refractivity contribution is 9.10. The van der Waals surface area contributed by atoms with Gasteiger partial charge >= 0.3 is 0 Å². The van der Waals surface area contributed by atoms with Crippen molar-refractivity contribution in [3.05, 3.63) is 28.7 Å². The van der Waals surface area contributed by atoms with Gasteiger partial charge in [0.1, 0.15) is 0 Å². The van der Waals surface area contributed by atoms with E-state index in [9.17, 15) is 9.00 Å². The lowest BCUT2D eigenvalue weighted by Crippen LogP contribution is -2.26. The van der Waals surface area contributed by atoms with Gasteiger partial charge in [0.05, 0.1) is 17.4 Å². The Morgan fingerprint density at radius 2 is 2.00 bits per heavy atom.